The average molecular weight is 291 g/mol. The predicted molar refractivity (Wildman–Crippen MR) is 83.6 cm³/mol. The van der Waals surface area contributed by atoms with Crippen molar-refractivity contribution >= 4 is 5.91 Å². The van der Waals surface area contributed by atoms with E-state index in [9.17, 15) is 9.59 Å². The molecule has 2 rings (SSSR count). The number of hydrogen-bond acceptors (Lipinski definition) is 3. The van der Waals surface area contributed by atoms with Gasteiger partial charge in [0.15, 0.2) is 0 Å². The van der Waals surface area contributed by atoms with Crippen molar-refractivity contribution in [3.63, 3.8) is 0 Å². The summed E-state index contributed by atoms with van der Waals surface area (Å²) in [7, 11) is 2.09. The molecule has 5 heteroatoms. The van der Waals surface area contributed by atoms with Crippen molar-refractivity contribution in [1.82, 2.24) is 14.8 Å². The molecule has 1 aromatic rings. The number of amides is 1. The molecule has 1 aromatic heterocycles. The van der Waals surface area contributed by atoms with Crippen molar-refractivity contribution in [1.29, 1.82) is 0 Å². The Kier molecular flexibility index (Phi) is 5.56. The fourth-order valence-electron chi connectivity index (χ4n) is 2.32. The molecule has 1 fully saturated rings. The Morgan fingerprint density at radius 1 is 1.48 bits per heavy atom. The van der Waals surface area contributed by atoms with Crippen molar-refractivity contribution in [3.05, 3.63) is 34.2 Å². The van der Waals surface area contributed by atoms with Gasteiger partial charge >= 0.3 is 0 Å². The van der Waals surface area contributed by atoms with E-state index in [-0.39, 0.29) is 17.0 Å². The summed E-state index contributed by atoms with van der Waals surface area (Å²) < 4.78 is 1.63. The molecule has 1 amide bonds. The minimum atomic E-state index is -0.265. The Bertz CT molecular complexity index is 535. The molecule has 1 heterocycles. The Labute approximate surface area is 126 Å². The Balaban J connectivity index is 1.97. The number of pyridine rings is 1. The van der Waals surface area contributed by atoms with E-state index in [1.165, 1.54) is 12.8 Å². The summed E-state index contributed by atoms with van der Waals surface area (Å²) >= 11 is 0. The molecule has 21 heavy (non-hydrogen) atoms. The molecular formula is C16H25N3O2. The van der Waals surface area contributed by atoms with Gasteiger partial charge in [0.2, 0.25) is 0 Å². The third kappa shape index (κ3) is 4.43. The van der Waals surface area contributed by atoms with Crippen LogP contribution in [-0.4, -0.2) is 41.6 Å². The molecule has 1 aliphatic rings. The summed E-state index contributed by atoms with van der Waals surface area (Å²) in [5.41, 5.74) is 0.0402. The summed E-state index contributed by atoms with van der Waals surface area (Å²) in [6.07, 6.45) is 6.22. The molecule has 0 atom stereocenters. The van der Waals surface area contributed by atoms with Gasteiger partial charge in [0.25, 0.3) is 11.5 Å². The van der Waals surface area contributed by atoms with Crippen LogP contribution in [-0.2, 0) is 6.54 Å². The van der Waals surface area contributed by atoms with Crippen molar-refractivity contribution < 1.29 is 4.79 Å². The zero-order valence-electron chi connectivity index (χ0n) is 13.0. The van der Waals surface area contributed by atoms with Crippen LogP contribution in [0.25, 0.3) is 0 Å². The van der Waals surface area contributed by atoms with Crippen LogP contribution in [0.4, 0.5) is 0 Å². The van der Waals surface area contributed by atoms with Gasteiger partial charge in [-0.15, -0.1) is 0 Å². The lowest BCUT2D eigenvalue weighted by molar-refractivity contribution is 0.0951. The second kappa shape index (κ2) is 7.41. The van der Waals surface area contributed by atoms with Gasteiger partial charge in [0.1, 0.15) is 5.56 Å². The predicted octanol–water partition coefficient (Wildman–Crippen LogP) is 1.47. The topological polar surface area (TPSA) is 54.3 Å². The van der Waals surface area contributed by atoms with Crippen LogP contribution in [0.1, 0.15) is 43.0 Å². The highest BCUT2D eigenvalue weighted by atomic mass is 16.2. The third-order valence-electron chi connectivity index (χ3n) is 3.94. The highest BCUT2D eigenvalue weighted by Crippen LogP contribution is 2.24. The van der Waals surface area contributed by atoms with Gasteiger partial charge in [-0.2, -0.15) is 0 Å². The van der Waals surface area contributed by atoms with E-state index in [0.717, 1.165) is 19.4 Å². The monoisotopic (exact) mass is 291 g/mol. The molecule has 0 bridgehead atoms. The van der Waals surface area contributed by atoms with Crippen molar-refractivity contribution in [2.45, 2.75) is 45.2 Å². The molecule has 1 saturated carbocycles. The number of hydrogen-bond donors (Lipinski definition) is 1. The van der Waals surface area contributed by atoms with Crippen LogP contribution >= 0.6 is 0 Å². The van der Waals surface area contributed by atoms with Gasteiger partial charge in [-0.25, -0.2) is 0 Å². The molecule has 0 unspecified atom stereocenters. The average Bonchev–Trinajstić information content (AvgIpc) is 3.30. The molecule has 5 nitrogen and oxygen atoms in total. The maximum Gasteiger partial charge on any atom is 0.263 e. The minimum Gasteiger partial charge on any atom is -0.352 e. The second-order valence-corrected chi connectivity index (χ2v) is 5.74. The fourth-order valence-corrected chi connectivity index (χ4v) is 2.32. The van der Waals surface area contributed by atoms with E-state index in [0.29, 0.717) is 19.1 Å². The molecular weight excluding hydrogens is 266 g/mol. The first kappa shape index (κ1) is 15.8. The molecule has 0 saturated heterocycles. The summed E-state index contributed by atoms with van der Waals surface area (Å²) in [5, 5.41) is 2.80. The Hall–Kier alpha value is -1.62. The van der Waals surface area contributed by atoms with Crippen LogP contribution in [0, 0.1) is 0 Å². The maximum atomic E-state index is 12.3. The van der Waals surface area contributed by atoms with E-state index in [1.807, 2.05) is 0 Å². The van der Waals surface area contributed by atoms with Crippen LogP contribution < -0.4 is 10.9 Å². The van der Waals surface area contributed by atoms with Gasteiger partial charge in [0.05, 0.1) is 0 Å². The largest absolute Gasteiger partial charge is 0.352 e. The zero-order chi connectivity index (χ0) is 15.2. The Morgan fingerprint density at radius 3 is 2.90 bits per heavy atom. The van der Waals surface area contributed by atoms with Crippen molar-refractivity contribution in [3.8, 4) is 0 Å². The molecule has 0 radical (unpaired) electrons. The van der Waals surface area contributed by atoms with Crippen molar-refractivity contribution in [2.24, 2.45) is 0 Å². The number of unbranched alkanes of at least 4 members (excludes halogenated alkanes) is 1. The van der Waals surface area contributed by atoms with Crippen molar-refractivity contribution in [2.75, 3.05) is 20.1 Å². The zero-order valence-corrected chi connectivity index (χ0v) is 13.0. The molecule has 0 aliphatic heterocycles. The van der Waals surface area contributed by atoms with Crippen LogP contribution in [0.3, 0.4) is 0 Å². The summed E-state index contributed by atoms with van der Waals surface area (Å²) in [5.74, 6) is -0.265. The molecule has 0 aromatic carbocycles. The third-order valence-corrected chi connectivity index (χ3v) is 3.94. The lowest BCUT2D eigenvalue weighted by atomic mass is 10.2. The first-order chi connectivity index (χ1) is 10.1. The number of aromatic nitrogens is 1. The lowest BCUT2D eigenvalue weighted by Crippen LogP contribution is -2.35. The molecule has 1 N–H and O–H groups in total. The standard InChI is InChI=1S/C16H25N3O2/c1-3-4-9-17-15(20)14-6-5-10-19(16(14)21)12-11-18(2)13-7-8-13/h5-6,10,13H,3-4,7-9,11-12H2,1-2H3,(H,17,20). The lowest BCUT2D eigenvalue weighted by Gasteiger charge is -2.16. The van der Waals surface area contributed by atoms with Gasteiger partial charge in [-0.05, 0) is 38.4 Å². The molecule has 1 aliphatic carbocycles. The van der Waals surface area contributed by atoms with Crippen LogP contribution in [0.5, 0.6) is 0 Å². The van der Waals surface area contributed by atoms with E-state index < -0.39 is 0 Å². The minimum absolute atomic E-state index is 0.198. The fraction of sp³-hybridized carbons (Fsp3) is 0.625. The molecule has 116 valence electrons. The van der Waals surface area contributed by atoms with E-state index >= 15 is 0 Å². The van der Waals surface area contributed by atoms with Crippen LogP contribution in [0.15, 0.2) is 23.1 Å². The number of carbonyl (C=O) groups excluding carboxylic acids is 1. The maximum absolute atomic E-state index is 12.3. The summed E-state index contributed by atoms with van der Waals surface area (Å²) in [4.78, 5) is 26.6. The smallest absolute Gasteiger partial charge is 0.263 e. The first-order valence-corrected chi connectivity index (χ1v) is 7.81. The first-order valence-electron chi connectivity index (χ1n) is 7.81. The highest BCUT2D eigenvalue weighted by Gasteiger charge is 2.25. The van der Waals surface area contributed by atoms with Gasteiger partial charge < -0.3 is 14.8 Å². The van der Waals surface area contributed by atoms with E-state index in [2.05, 4.69) is 24.2 Å². The van der Waals surface area contributed by atoms with E-state index in [1.54, 1.807) is 22.9 Å². The van der Waals surface area contributed by atoms with Gasteiger partial charge in [-0.1, -0.05) is 13.3 Å². The number of nitrogens with one attached hydrogen (secondary N) is 1. The van der Waals surface area contributed by atoms with Crippen LogP contribution in [0.2, 0.25) is 0 Å². The number of rotatable bonds is 8. The highest BCUT2D eigenvalue weighted by molar-refractivity contribution is 5.93. The van der Waals surface area contributed by atoms with Gasteiger partial charge in [0, 0.05) is 31.9 Å². The normalized spacial score (nSPS) is 14.4. The number of likely N-dealkylation sites (N-methyl/N-ethyl adjacent to an activating group) is 1. The quantitative estimate of drug-likeness (QED) is 0.738. The summed E-state index contributed by atoms with van der Waals surface area (Å²) in [6.45, 7) is 4.15. The summed E-state index contributed by atoms with van der Waals surface area (Å²) in [6, 6.07) is 4.05. The number of carbonyl (C=O) groups is 1. The number of nitrogens with zero attached hydrogens (tertiary/aromatic N) is 2. The Morgan fingerprint density at radius 2 is 2.24 bits per heavy atom. The second-order valence-electron chi connectivity index (χ2n) is 5.74. The van der Waals surface area contributed by atoms with Gasteiger partial charge in [-0.3, -0.25) is 9.59 Å². The SMILES string of the molecule is CCCCNC(=O)c1cccn(CCN(C)C2CC2)c1=O. The van der Waals surface area contributed by atoms with E-state index in [4.69, 9.17) is 0 Å². The molecule has 0 spiro atoms.